The summed E-state index contributed by atoms with van der Waals surface area (Å²) in [5.74, 6) is -0.923. The molecule has 0 aromatic heterocycles. The summed E-state index contributed by atoms with van der Waals surface area (Å²) in [5, 5.41) is 9.09. The molecule has 0 radical (unpaired) electrons. The van der Waals surface area contributed by atoms with Crippen LogP contribution < -0.4 is 30.3 Å². The van der Waals surface area contributed by atoms with Gasteiger partial charge in [-0.1, -0.05) is 42.5 Å². The maximum Gasteiger partial charge on any atom is 0.329 e. The van der Waals surface area contributed by atoms with E-state index in [9.17, 15) is 14.4 Å². The number of carbonyl (C=O) groups is 3. The SMILES string of the molecule is CCOc1ccccc1NC(=O)C(=O)N/N=C\c1ccc(OCC(=O)NCc2ccccc2)c(OC)c1. The lowest BCUT2D eigenvalue weighted by atomic mass is 10.2. The first kappa shape index (κ1) is 26.7. The average molecular weight is 505 g/mol. The molecule has 3 rings (SSSR count). The van der Waals surface area contributed by atoms with Gasteiger partial charge in [0.05, 0.1) is 25.6 Å². The van der Waals surface area contributed by atoms with Gasteiger partial charge in [-0.2, -0.15) is 5.10 Å². The number of rotatable bonds is 11. The van der Waals surface area contributed by atoms with Gasteiger partial charge in [0.2, 0.25) is 0 Å². The van der Waals surface area contributed by atoms with Crippen LogP contribution in [0.3, 0.4) is 0 Å². The molecule has 0 unspecified atom stereocenters. The third-order valence-electron chi connectivity index (χ3n) is 4.90. The lowest BCUT2D eigenvalue weighted by molar-refractivity contribution is -0.136. The number of benzene rings is 3. The van der Waals surface area contributed by atoms with Crippen LogP contribution in [0.15, 0.2) is 77.9 Å². The molecule has 3 amide bonds. The molecular formula is C27H28N4O6. The monoisotopic (exact) mass is 504 g/mol. The number of nitrogens with one attached hydrogen (secondary N) is 3. The van der Waals surface area contributed by atoms with Crippen LogP contribution in [-0.4, -0.2) is 44.3 Å². The normalized spacial score (nSPS) is 10.4. The highest BCUT2D eigenvalue weighted by Gasteiger charge is 2.15. The van der Waals surface area contributed by atoms with E-state index in [1.165, 1.54) is 13.3 Å². The van der Waals surface area contributed by atoms with Crippen molar-refractivity contribution in [1.29, 1.82) is 0 Å². The molecule has 10 heteroatoms. The standard InChI is InChI=1S/C27H28N4O6/c1-3-36-22-12-8-7-11-21(22)30-26(33)27(34)31-29-17-20-13-14-23(24(15-20)35-2)37-18-25(32)28-16-19-9-5-4-6-10-19/h4-15,17H,3,16,18H2,1-2H3,(H,28,32)(H,30,33)(H,31,34)/b29-17-. The third kappa shape index (κ3) is 8.39. The molecule has 0 aliphatic heterocycles. The summed E-state index contributed by atoms with van der Waals surface area (Å²) in [6.07, 6.45) is 1.35. The summed E-state index contributed by atoms with van der Waals surface area (Å²) in [7, 11) is 1.46. The zero-order chi connectivity index (χ0) is 26.5. The molecule has 3 aromatic carbocycles. The number of carbonyl (C=O) groups excluding carboxylic acids is 3. The minimum absolute atomic E-state index is 0.186. The van der Waals surface area contributed by atoms with E-state index in [2.05, 4.69) is 21.2 Å². The van der Waals surface area contributed by atoms with Crippen LogP contribution >= 0.6 is 0 Å². The molecule has 3 N–H and O–H groups in total. The van der Waals surface area contributed by atoms with Gasteiger partial charge in [0.1, 0.15) is 5.75 Å². The minimum atomic E-state index is -0.948. The van der Waals surface area contributed by atoms with Gasteiger partial charge in [-0.3, -0.25) is 14.4 Å². The van der Waals surface area contributed by atoms with Crippen molar-refractivity contribution in [3.05, 3.63) is 83.9 Å². The van der Waals surface area contributed by atoms with Crippen molar-refractivity contribution in [1.82, 2.24) is 10.7 Å². The Morgan fingerprint density at radius 3 is 2.38 bits per heavy atom. The molecule has 0 bridgehead atoms. The fourth-order valence-electron chi connectivity index (χ4n) is 3.12. The molecule has 0 atom stereocenters. The van der Waals surface area contributed by atoms with Crippen molar-refractivity contribution < 1.29 is 28.6 Å². The Bertz CT molecular complexity index is 1250. The van der Waals surface area contributed by atoms with Gasteiger partial charge in [-0.05, 0) is 48.4 Å². The zero-order valence-corrected chi connectivity index (χ0v) is 20.5. The lowest BCUT2D eigenvalue weighted by Gasteiger charge is -2.11. The van der Waals surface area contributed by atoms with Gasteiger partial charge >= 0.3 is 11.8 Å². The first-order chi connectivity index (χ1) is 18.0. The number of anilines is 1. The van der Waals surface area contributed by atoms with Crippen LogP contribution in [0.5, 0.6) is 17.2 Å². The van der Waals surface area contributed by atoms with Crippen molar-refractivity contribution in [3.63, 3.8) is 0 Å². The zero-order valence-electron chi connectivity index (χ0n) is 20.5. The minimum Gasteiger partial charge on any atom is -0.493 e. The Labute approximate surface area is 214 Å². The van der Waals surface area contributed by atoms with Crippen LogP contribution in [-0.2, 0) is 20.9 Å². The Kier molecular flexibility index (Phi) is 10.0. The van der Waals surface area contributed by atoms with E-state index in [-0.39, 0.29) is 12.5 Å². The smallest absolute Gasteiger partial charge is 0.329 e. The largest absolute Gasteiger partial charge is 0.493 e. The van der Waals surface area contributed by atoms with Gasteiger partial charge in [-0.15, -0.1) is 0 Å². The van der Waals surface area contributed by atoms with Crippen molar-refractivity contribution >= 4 is 29.6 Å². The second-order valence-electron chi connectivity index (χ2n) is 7.54. The van der Waals surface area contributed by atoms with Gasteiger partial charge in [-0.25, -0.2) is 5.43 Å². The Morgan fingerprint density at radius 2 is 1.62 bits per heavy atom. The Morgan fingerprint density at radius 1 is 0.865 bits per heavy atom. The summed E-state index contributed by atoms with van der Waals surface area (Å²) in [6, 6.07) is 21.2. The van der Waals surface area contributed by atoms with Gasteiger partial charge in [0.25, 0.3) is 5.91 Å². The molecular weight excluding hydrogens is 476 g/mol. The highest BCUT2D eigenvalue weighted by molar-refractivity contribution is 6.39. The van der Waals surface area contributed by atoms with Crippen LogP contribution in [0, 0.1) is 0 Å². The highest BCUT2D eigenvalue weighted by Crippen LogP contribution is 2.27. The van der Waals surface area contributed by atoms with E-state index >= 15 is 0 Å². The quantitative estimate of drug-likeness (QED) is 0.209. The van der Waals surface area contributed by atoms with Crippen LogP contribution in [0.25, 0.3) is 0 Å². The number of methoxy groups -OCH3 is 1. The second-order valence-corrected chi connectivity index (χ2v) is 7.54. The maximum atomic E-state index is 12.2. The van der Waals surface area contributed by atoms with Crippen LogP contribution in [0.1, 0.15) is 18.1 Å². The molecule has 0 heterocycles. The maximum absolute atomic E-state index is 12.2. The van der Waals surface area contributed by atoms with E-state index in [0.717, 1.165) is 5.56 Å². The van der Waals surface area contributed by atoms with Crippen LogP contribution in [0.4, 0.5) is 5.69 Å². The number of nitrogens with zero attached hydrogens (tertiary/aromatic N) is 1. The Balaban J connectivity index is 1.50. The Hall–Kier alpha value is -4.86. The molecule has 0 saturated heterocycles. The third-order valence-corrected chi connectivity index (χ3v) is 4.90. The highest BCUT2D eigenvalue weighted by atomic mass is 16.5. The van der Waals surface area contributed by atoms with E-state index in [4.69, 9.17) is 14.2 Å². The fraction of sp³-hybridized carbons (Fsp3) is 0.185. The second kappa shape index (κ2) is 13.9. The predicted octanol–water partition coefficient (Wildman–Crippen LogP) is 2.88. The molecule has 0 aliphatic rings. The summed E-state index contributed by atoms with van der Waals surface area (Å²) in [5.41, 5.74) is 4.11. The number of amides is 3. The van der Waals surface area contributed by atoms with Crippen molar-refractivity contribution in [3.8, 4) is 17.2 Å². The van der Waals surface area contributed by atoms with Crippen molar-refractivity contribution in [2.24, 2.45) is 5.10 Å². The number of hydrazone groups is 1. The molecule has 37 heavy (non-hydrogen) atoms. The first-order valence-corrected chi connectivity index (χ1v) is 11.5. The summed E-state index contributed by atoms with van der Waals surface area (Å²) < 4.78 is 16.3. The number of ether oxygens (including phenoxy) is 3. The molecule has 0 aliphatic carbocycles. The molecule has 10 nitrogen and oxygen atoms in total. The van der Waals surface area contributed by atoms with E-state index in [1.54, 1.807) is 42.5 Å². The summed E-state index contributed by atoms with van der Waals surface area (Å²) >= 11 is 0. The topological polar surface area (TPSA) is 127 Å². The molecule has 0 fully saturated rings. The first-order valence-electron chi connectivity index (χ1n) is 11.5. The number of hydrogen-bond donors (Lipinski definition) is 3. The van der Waals surface area contributed by atoms with Crippen molar-refractivity contribution in [2.75, 3.05) is 25.6 Å². The molecule has 0 saturated carbocycles. The number of hydrogen-bond acceptors (Lipinski definition) is 7. The fourth-order valence-corrected chi connectivity index (χ4v) is 3.12. The summed E-state index contributed by atoms with van der Waals surface area (Å²) in [6.45, 7) is 2.45. The van der Waals surface area contributed by atoms with E-state index < -0.39 is 11.8 Å². The van der Waals surface area contributed by atoms with Crippen molar-refractivity contribution in [2.45, 2.75) is 13.5 Å². The van der Waals surface area contributed by atoms with E-state index in [1.807, 2.05) is 37.3 Å². The average Bonchev–Trinajstić information content (AvgIpc) is 2.92. The van der Waals surface area contributed by atoms with Gasteiger partial charge in [0, 0.05) is 6.54 Å². The number of para-hydroxylation sites is 2. The van der Waals surface area contributed by atoms with Gasteiger partial charge in [0.15, 0.2) is 18.1 Å². The molecule has 192 valence electrons. The molecule has 3 aromatic rings. The van der Waals surface area contributed by atoms with Crippen LogP contribution in [0.2, 0.25) is 0 Å². The van der Waals surface area contributed by atoms with E-state index in [0.29, 0.717) is 41.7 Å². The lowest BCUT2D eigenvalue weighted by Crippen LogP contribution is -2.32. The van der Waals surface area contributed by atoms with Gasteiger partial charge < -0.3 is 24.8 Å². The molecule has 0 spiro atoms. The predicted molar refractivity (Wildman–Crippen MR) is 139 cm³/mol. The summed E-state index contributed by atoms with van der Waals surface area (Å²) in [4.78, 5) is 36.4.